The van der Waals surface area contributed by atoms with Gasteiger partial charge in [0.25, 0.3) is 0 Å². The normalized spacial score (nSPS) is 11.6. The second kappa shape index (κ2) is 13.7. The van der Waals surface area contributed by atoms with Crippen LogP contribution in [-0.4, -0.2) is 35.3 Å². The van der Waals surface area contributed by atoms with Crippen molar-refractivity contribution in [3.05, 3.63) is 89.0 Å². The van der Waals surface area contributed by atoms with Crippen LogP contribution in [0.2, 0.25) is 0 Å². The molecule has 0 aliphatic rings. The summed E-state index contributed by atoms with van der Waals surface area (Å²) in [5.41, 5.74) is 3.28. The Morgan fingerprint density at radius 3 is 2.36 bits per heavy atom. The predicted octanol–water partition coefficient (Wildman–Crippen LogP) is 6.98. The number of carboxylic acids is 1. The minimum atomic E-state index is -0.993. The Morgan fingerprint density at radius 1 is 0.944 bits per heavy atom. The number of carbonyl (C=O) groups excluding carboxylic acids is 1. The fourth-order valence-corrected chi connectivity index (χ4v) is 4.95. The summed E-state index contributed by atoms with van der Waals surface area (Å²) in [6, 6.07) is 21.0. The Bertz CT molecular complexity index is 1160. The van der Waals surface area contributed by atoms with Crippen LogP contribution in [0.15, 0.2) is 71.6 Å². The van der Waals surface area contributed by atoms with Crippen LogP contribution in [-0.2, 0) is 11.2 Å². The summed E-state index contributed by atoms with van der Waals surface area (Å²) in [4.78, 5) is 25.1. The summed E-state index contributed by atoms with van der Waals surface area (Å²) < 4.78 is 11.8. The fraction of sp³-hybridized carbons (Fsp3) is 0.333. The second-order valence-electron chi connectivity index (χ2n) is 8.65. The molecule has 6 heteroatoms. The highest BCUT2D eigenvalue weighted by Gasteiger charge is 2.19. The highest BCUT2D eigenvalue weighted by Crippen LogP contribution is 2.29. The summed E-state index contributed by atoms with van der Waals surface area (Å²) >= 11 is 1.73. The Balaban J connectivity index is 1.68. The highest BCUT2D eigenvalue weighted by atomic mass is 32.2. The smallest absolute Gasteiger partial charge is 0.341 e. The average molecular weight is 507 g/mol. The largest absolute Gasteiger partial charge is 0.490 e. The van der Waals surface area contributed by atoms with Gasteiger partial charge in [-0.3, -0.25) is 4.79 Å². The third kappa shape index (κ3) is 7.89. The van der Waals surface area contributed by atoms with E-state index in [1.807, 2.05) is 73.7 Å². The number of hydrogen-bond donors (Lipinski definition) is 1. The average Bonchev–Trinajstić information content (AvgIpc) is 2.88. The van der Waals surface area contributed by atoms with Crippen molar-refractivity contribution in [1.29, 1.82) is 0 Å². The number of rotatable bonds is 14. The van der Waals surface area contributed by atoms with Crippen molar-refractivity contribution in [2.45, 2.75) is 57.5 Å². The van der Waals surface area contributed by atoms with Crippen molar-refractivity contribution in [2.75, 3.05) is 12.4 Å². The number of hydrogen-bond acceptors (Lipinski definition) is 5. The monoisotopic (exact) mass is 506 g/mol. The SMILES string of the molecule is CCCC(CCSc1ccc(OCC(=O)O)c(C)c1)Oc1ccc(CC)cc1C(=O)c1ccccc1. The van der Waals surface area contributed by atoms with Gasteiger partial charge in [0.1, 0.15) is 11.5 Å². The van der Waals surface area contributed by atoms with Crippen LogP contribution in [0.25, 0.3) is 0 Å². The van der Waals surface area contributed by atoms with E-state index in [0.717, 1.165) is 47.5 Å². The maximum absolute atomic E-state index is 13.3. The molecule has 1 unspecified atom stereocenters. The van der Waals surface area contributed by atoms with Crippen molar-refractivity contribution in [3.8, 4) is 11.5 Å². The first-order valence-electron chi connectivity index (χ1n) is 12.4. The molecule has 0 aliphatic carbocycles. The molecule has 0 amide bonds. The number of aryl methyl sites for hydroxylation is 2. The molecule has 0 saturated heterocycles. The van der Waals surface area contributed by atoms with Crippen LogP contribution in [0.5, 0.6) is 11.5 Å². The molecule has 190 valence electrons. The minimum absolute atomic E-state index is 0.00318. The van der Waals surface area contributed by atoms with Gasteiger partial charge in [-0.1, -0.05) is 56.7 Å². The molecule has 0 saturated carbocycles. The van der Waals surface area contributed by atoms with Gasteiger partial charge in [-0.15, -0.1) is 11.8 Å². The number of aliphatic carboxylic acids is 1. The predicted molar refractivity (Wildman–Crippen MR) is 145 cm³/mol. The Labute approximate surface area is 217 Å². The molecular formula is C30H34O5S. The zero-order valence-electron chi connectivity index (χ0n) is 21.2. The first-order chi connectivity index (χ1) is 17.4. The number of benzene rings is 3. The van der Waals surface area contributed by atoms with Crippen molar-refractivity contribution in [3.63, 3.8) is 0 Å². The van der Waals surface area contributed by atoms with Gasteiger partial charge in [0.2, 0.25) is 0 Å². The molecule has 0 radical (unpaired) electrons. The number of ketones is 1. The lowest BCUT2D eigenvalue weighted by Gasteiger charge is -2.21. The summed E-state index contributed by atoms with van der Waals surface area (Å²) in [5.74, 6) is 1.06. The molecular weight excluding hydrogens is 472 g/mol. The quantitative estimate of drug-likeness (QED) is 0.188. The van der Waals surface area contributed by atoms with Gasteiger partial charge in [-0.05, 0) is 67.6 Å². The second-order valence-corrected chi connectivity index (χ2v) is 9.82. The van der Waals surface area contributed by atoms with Crippen LogP contribution < -0.4 is 9.47 Å². The number of carboxylic acid groups (broad SMARTS) is 1. The molecule has 1 N–H and O–H groups in total. The maximum Gasteiger partial charge on any atom is 0.341 e. The number of ether oxygens (including phenoxy) is 2. The molecule has 3 rings (SSSR count). The van der Waals surface area contributed by atoms with Gasteiger partial charge in [-0.2, -0.15) is 0 Å². The molecule has 0 fully saturated rings. The fourth-order valence-electron chi connectivity index (χ4n) is 3.91. The third-order valence-corrected chi connectivity index (χ3v) is 6.87. The molecule has 1 atom stereocenters. The van der Waals surface area contributed by atoms with E-state index in [0.29, 0.717) is 22.6 Å². The van der Waals surface area contributed by atoms with E-state index < -0.39 is 5.97 Å². The van der Waals surface area contributed by atoms with E-state index in [1.165, 1.54) is 0 Å². The van der Waals surface area contributed by atoms with Gasteiger partial charge >= 0.3 is 5.97 Å². The van der Waals surface area contributed by atoms with E-state index in [2.05, 4.69) is 13.8 Å². The van der Waals surface area contributed by atoms with E-state index in [-0.39, 0.29) is 18.5 Å². The molecule has 0 heterocycles. The summed E-state index contributed by atoms with van der Waals surface area (Å²) in [7, 11) is 0. The molecule has 5 nitrogen and oxygen atoms in total. The van der Waals surface area contributed by atoms with Crippen LogP contribution in [0.1, 0.15) is 60.2 Å². The van der Waals surface area contributed by atoms with Gasteiger partial charge in [0.05, 0.1) is 11.7 Å². The standard InChI is InChI=1S/C30H34O5S/c1-4-9-24(16-17-36-25-13-15-27(21(3)18-25)34-20-29(31)32)35-28-14-12-22(5-2)19-26(28)30(33)23-10-7-6-8-11-23/h6-8,10-15,18-19,24H,4-5,9,16-17,20H2,1-3H3,(H,31,32). The Kier molecular flexibility index (Phi) is 10.4. The number of carbonyl (C=O) groups is 2. The molecule has 0 aliphatic heterocycles. The van der Waals surface area contributed by atoms with Crippen molar-refractivity contribution < 1.29 is 24.2 Å². The van der Waals surface area contributed by atoms with Gasteiger partial charge < -0.3 is 14.6 Å². The molecule has 3 aromatic rings. The zero-order chi connectivity index (χ0) is 25.9. The number of thioether (sulfide) groups is 1. The molecule has 36 heavy (non-hydrogen) atoms. The van der Waals surface area contributed by atoms with Gasteiger partial charge in [0, 0.05) is 16.2 Å². The van der Waals surface area contributed by atoms with Gasteiger partial charge in [0.15, 0.2) is 12.4 Å². The lowest BCUT2D eigenvalue weighted by Crippen LogP contribution is -2.19. The lowest BCUT2D eigenvalue weighted by atomic mass is 9.99. The summed E-state index contributed by atoms with van der Waals surface area (Å²) in [6.07, 6.45) is 3.57. The Hall–Kier alpha value is -3.25. The summed E-state index contributed by atoms with van der Waals surface area (Å²) in [5, 5.41) is 8.81. The van der Waals surface area contributed by atoms with E-state index in [4.69, 9.17) is 14.6 Å². The molecule has 3 aromatic carbocycles. The van der Waals surface area contributed by atoms with Crippen molar-refractivity contribution in [1.82, 2.24) is 0 Å². The third-order valence-electron chi connectivity index (χ3n) is 5.84. The lowest BCUT2D eigenvalue weighted by molar-refractivity contribution is -0.139. The van der Waals surface area contributed by atoms with Crippen LogP contribution >= 0.6 is 11.8 Å². The van der Waals surface area contributed by atoms with E-state index >= 15 is 0 Å². The van der Waals surface area contributed by atoms with Gasteiger partial charge in [-0.25, -0.2) is 4.79 Å². The first kappa shape index (κ1) is 27.3. The molecule has 0 spiro atoms. The van der Waals surface area contributed by atoms with E-state index in [9.17, 15) is 9.59 Å². The van der Waals surface area contributed by atoms with E-state index in [1.54, 1.807) is 11.8 Å². The Morgan fingerprint density at radius 2 is 1.69 bits per heavy atom. The van der Waals surface area contributed by atoms with Crippen molar-refractivity contribution in [2.24, 2.45) is 0 Å². The summed E-state index contributed by atoms with van der Waals surface area (Å²) in [6.45, 7) is 5.78. The first-order valence-corrected chi connectivity index (χ1v) is 13.4. The van der Waals surface area contributed by atoms with Crippen molar-refractivity contribution >= 4 is 23.5 Å². The van der Waals surface area contributed by atoms with Crippen LogP contribution in [0.3, 0.4) is 0 Å². The van der Waals surface area contributed by atoms with Crippen LogP contribution in [0, 0.1) is 6.92 Å². The molecule has 0 bridgehead atoms. The molecule has 0 aromatic heterocycles. The topological polar surface area (TPSA) is 72.8 Å². The highest BCUT2D eigenvalue weighted by molar-refractivity contribution is 7.99. The maximum atomic E-state index is 13.3. The minimum Gasteiger partial charge on any atom is -0.490 e. The zero-order valence-corrected chi connectivity index (χ0v) is 22.0. The van der Waals surface area contributed by atoms with Crippen LogP contribution in [0.4, 0.5) is 0 Å².